The van der Waals surface area contributed by atoms with Crippen molar-refractivity contribution in [2.24, 2.45) is 4.99 Å². The maximum atomic E-state index is 6.07. The van der Waals surface area contributed by atoms with Gasteiger partial charge in [-0.3, -0.25) is 4.99 Å². The van der Waals surface area contributed by atoms with Gasteiger partial charge in [-0.25, -0.2) is 0 Å². The Labute approximate surface area is 139 Å². The van der Waals surface area contributed by atoms with Crippen molar-refractivity contribution in [3.05, 3.63) is 89.4 Å². The second kappa shape index (κ2) is 4.96. The molecule has 0 saturated carbocycles. The first-order valence-corrected chi connectivity index (χ1v) is 8.11. The van der Waals surface area contributed by atoms with Crippen LogP contribution in [0.15, 0.2) is 76.3 Å². The SMILES string of the molecule is Cc1cccc2c1CN=C(c1cc3ccccc3o1)c1cccn1-2. The summed E-state index contributed by atoms with van der Waals surface area (Å²) in [6.07, 6.45) is 2.09. The Morgan fingerprint density at radius 3 is 2.83 bits per heavy atom. The highest BCUT2D eigenvalue weighted by molar-refractivity contribution is 6.12. The van der Waals surface area contributed by atoms with E-state index in [1.165, 1.54) is 16.8 Å². The number of rotatable bonds is 1. The molecule has 2 aromatic carbocycles. The first kappa shape index (κ1) is 13.4. The fourth-order valence-corrected chi connectivity index (χ4v) is 3.44. The molecular weight excluding hydrogens is 296 g/mol. The Bertz CT molecular complexity index is 1060. The van der Waals surface area contributed by atoms with Gasteiger partial charge in [0.1, 0.15) is 11.3 Å². The van der Waals surface area contributed by atoms with Crippen LogP contribution in [-0.2, 0) is 6.54 Å². The number of nitrogens with zero attached hydrogens (tertiary/aromatic N) is 2. The number of aliphatic imine (C=N–C) groups is 1. The summed E-state index contributed by atoms with van der Waals surface area (Å²) in [5, 5.41) is 1.10. The van der Waals surface area contributed by atoms with Crippen LogP contribution in [0.3, 0.4) is 0 Å². The standard InChI is InChI=1S/C21H16N2O/c1-14-6-4-8-17-16(14)13-22-21(18-9-5-11-23(17)18)20-12-15-7-2-3-10-19(15)24-20/h2-12H,13H2,1H3. The highest BCUT2D eigenvalue weighted by Crippen LogP contribution is 2.29. The third-order valence-electron chi connectivity index (χ3n) is 4.69. The smallest absolute Gasteiger partial charge is 0.155 e. The minimum Gasteiger partial charge on any atom is -0.454 e. The largest absolute Gasteiger partial charge is 0.454 e. The van der Waals surface area contributed by atoms with Gasteiger partial charge in [0.25, 0.3) is 0 Å². The van der Waals surface area contributed by atoms with E-state index in [0.29, 0.717) is 6.54 Å². The fraction of sp³-hybridized carbons (Fsp3) is 0.0952. The molecule has 0 spiro atoms. The molecule has 0 N–H and O–H groups in total. The molecule has 0 atom stereocenters. The van der Waals surface area contributed by atoms with E-state index in [9.17, 15) is 0 Å². The van der Waals surface area contributed by atoms with Gasteiger partial charge in [-0.15, -0.1) is 0 Å². The number of para-hydroxylation sites is 1. The van der Waals surface area contributed by atoms with E-state index in [1.807, 2.05) is 18.2 Å². The molecular formula is C21H16N2O. The highest BCUT2D eigenvalue weighted by Gasteiger charge is 2.21. The molecule has 1 aliphatic rings. The second-order valence-corrected chi connectivity index (χ2v) is 6.15. The lowest BCUT2D eigenvalue weighted by Gasteiger charge is -2.11. The highest BCUT2D eigenvalue weighted by atomic mass is 16.3. The molecule has 0 unspecified atom stereocenters. The van der Waals surface area contributed by atoms with Gasteiger partial charge in [-0.2, -0.15) is 0 Å². The van der Waals surface area contributed by atoms with Crippen LogP contribution in [-0.4, -0.2) is 10.3 Å². The van der Waals surface area contributed by atoms with E-state index in [2.05, 4.69) is 60.2 Å². The summed E-state index contributed by atoms with van der Waals surface area (Å²) in [7, 11) is 0. The summed E-state index contributed by atoms with van der Waals surface area (Å²) in [4.78, 5) is 4.91. The molecule has 3 nitrogen and oxygen atoms in total. The van der Waals surface area contributed by atoms with E-state index in [0.717, 1.165) is 28.1 Å². The van der Waals surface area contributed by atoms with Crippen molar-refractivity contribution in [3.63, 3.8) is 0 Å². The van der Waals surface area contributed by atoms with E-state index in [1.54, 1.807) is 0 Å². The Balaban J connectivity index is 1.75. The minimum absolute atomic E-state index is 0.663. The molecule has 2 aromatic heterocycles. The van der Waals surface area contributed by atoms with Gasteiger partial charge in [-0.05, 0) is 42.8 Å². The molecule has 0 aliphatic carbocycles. The Kier molecular flexibility index (Phi) is 2.77. The molecule has 0 fully saturated rings. The Morgan fingerprint density at radius 1 is 1.00 bits per heavy atom. The van der Waals surface area contributed by atoms with Crippen LogP contribution in [0.5, 0.6) is 0 Å². The fourth-order valence-electron chi connectivity index (χ4n) is 3.44. The van der Waals surface area contributed by atoms with Crippen LogP contribution in [0.1, 0.15) is 22.6 Å². The van der Waals surface area contributed by atoms with Crippen molar-refractivity contribution < 1.29 is 4.42 Å². The first-order valence-electron chi connectivity index (χ1n) is 8.11. The molecule has 0 saturated heterocycles. The van der Waals surface area contributed by atoms with E-state index >= 15 is 0 Å². The zero-order valence-electron chi connectivity index (χ0n) is 13.4. The minimum atomic E-state index is 0.663. The summed E-state index contributed by atoms with van der Waals surface area (Å²) in [6, 6.07) is 20.7. The number of aromatic nitrogens is 1. The van der Waals surface area contributed by atoms with E-state index < -0.39 is 0 Å². The van der Waals surface area contributed by atoms with Crippen LogP contribution in [0.2, 0.25) is 0 Å². The molecule has 0 radical (unpaired) electrons. The van der Waals surface area contributed by atoms with Crippen LogP contribution < -0.4 is 0 Å². The molecule has 0 amide bonds. The number of furan rings is 1. The van der Waals surface area contributed by atoms with E-state index in [4.69, 9.17) is 9.41 Å². The second-order valence-electron chi connectivity index (χ2n) is 6.15. The molecule has 3 heterocycles. The predicted octanol–water partition coefficient (Wildman–Crippen LogP) is 4.88. The molecule has 3 heteroatoms. The molecule has 4 aromatic rings. The molecule has 5 rings (SSSR count). The predicted molar refractivity (Wildman–Crippen MR) is 96.1 cm³/mol. The Hall–Kier alpha value is -3.07. The lowest BCUT2D eigenvalue weighted by atomic mass is 10.1. The molecule has 1 aliphatic heterocycles. The lowest BCUT2D eigenvalue weighted by Crippen LogP contribution is -2.07. The molecule has 24 heavy (non-hydrogen) atoms. The van der Waals surface area contributed by atoms with Crippen molar-refractivity contribution in [2.75, 3.05) is 0 Å². The zero-order chi connectivity index (χ0) is 16.1. The normalized spacial score (nSPS) is 13.3. The number of hydrogen-bond donors (Lipinski definition) is 0. The van der Waals surface area contributed by atoms with Crippen molar-refractivity contribution >= 4 is 16.7 Å². The summed E-state index contributed by atoms with van der Waals surface area (Å²) >= 11 is 0. The summed E-state index contributed by atoms with van der Waals surface area (Å²) in [6.45, 7) is 2.81. The Morgan fingerprint density at radius 2 is 1.92 bits per heavy atom. The first-order chi connectivity index (χ1) is 11.8. The number of fused-ring (bicyclic) bond motifs is 4. The maximum absolute atomic E-state index is 6.07. The van der Waals surface area contributed by atoms with Crippen molar-refractivity contribution in [1.82, 2.24) is 4.57 Å². The summed E-state index contributed by atoms with van der Waals surface area (Å²) < 4.78 is 8.28. The van der Waals surface area contributed by atoms with Gasteiger partial charge in [-0.1, -0.05) is 30.3 Å². The van der Waals surface area contributed by atoms with Gasteiger partial charge in [0.2, 0.25) is 0 Å². The van der Waals surface area contributed by atoms with E-state index in [-0.39, 0.29) is 0 Å². The van der Waals surface area contributed by atoms with Gasteiger partial charge < -0.3 is 8.98 Å². The van der Waals surface area contributed by atoms with Crippen molar-refractivity contribution in [1.29, 1.82) is 0 Å². The van der Waals surface area contributed by atoms with Crippen LogP contribution in [0.25, 0.3) is 16.7 Å². The lowest BCUT2D eigenvalue weighted by molar-refractivity contribution is 0.604. The third kappa shape index (κ3) is 1.88. The average Bonchev–Trinajstić information content (AvgIpc) is 3.20. The number of benzene rings is 2. The topological polar surface area (TPSA) is 30.4 Å². The average molecular weight is 312 g/mol. The van der Waals surface area contributed by atoms with Crippen molar-refractivity contribution in [3.8, 4) is 5.69 Å². The third-order valence-corrected chi connectivity index (χ3v) is 4.69. The molecule has 0 bridgehead atoms. The van der Waals surface area contributed by atoms with Crippen LogP contribution >= 0.6 is 0 Å². The van der Waals surface area contributed by atoms with Crippen LogP contribution in [0.4, 0.5) is 0 Å². The monoisotopic (exact) mass is 312 g/mol. The maximum Gasteiger partial charge on any atom is 0.155 e. The van der Waals surface area contributed by atoms with Gasteiger partial charge >= 0.3 is 0 Å². The van der Waals surface area contributed by atoms with Gasteiger partial charge in [0, 0.05) is 17.1 Å². The number of hydrogen-bond acceptors (Lipinski definition) is 2. The molecule has 116 valence electrons. The quantitative estimate of drug-likeness (QED) is 0.492. The summed E-state index contributed by atoms with van der Waals surface area (Å²) in [5.74, 6) is 0.821. The van der Waals surface area contributed by atoms with Gasteiger partial charge in [0.15, 0.2) is 5.76 Å². The van der Waals surface area contributed by atoms with Crippen molar-refractivity contribution in [2.45, 2.75) is 13.5 Å². The summed E-state index contributed by atoms with van der Waals surface area (Å²) in [5.41, 5.74) is 6.60. The van der Waals surface area contributed by atoms with Gasteiger partial charge in [0.05, 0.1) is 17.9 Å². The van der Waals surface area contributed by atoms with Crippen LogP contribution in [0, 0.1) is 6.92 Å². The number of aryl methyl sites for hydroxylation is 1. The zero-order valence-corrected chi connectivity index (χ0v) is 13.4.